The van der Waals surface area contributed by atoms with Gasteiger partial charge < -0.3 is 20.1 Å². The largest absolute Gasteiger partial charge is 0.481 e. The highest BCUT2D eigenvalue weighted by Gasteiger charge is 2.62. The molecule has 3 aliphatic rings. The van der Waals surface area contributed by atoms with Crippen LogP contribution in [0.4, 0.5) is 4.79 Å². The van der Waals surface area contributed by atoms with Crippen molar-refractivity contribution in [1.82, 2.24) is 10.2 Å². The van der Waals surface area contributed by atoms with E-state index in [-0.39, 0.29) is 30.3 Å². The van der Waals surface area contributed by atoms with Gasteiger partial charge in [-0.05, 0) is 59.8 Å². The number of rotatable bonds is 8. The highest BCUT2D eigenvalue weighted by atomic mass is 16.5. The number of carboxylic acids is 1. The van der Waals surface area contributed by atoms with Crippen molar-refractivity contribution in [3.8, 4) is 11.1 Å². The maximum absolute atomic E-state index is 13.4. The summed E-state index contributed by atoms with van der Waals surface area (Å²) in [5.74, 6) is -1.08. The summed E-state index contributed by atoms with van der Waals surface area (Å²) in [5.41, 5.74) is 3.79. The Kier molecular flexibility index (Phi) is 6.03. The molecule has 0 bridgehead atoms. The number of alkyl carbamates (subject to hydrolysis) is 1. The second-order valence-corrected chi connectivity index (χ2v) is 10.5. The number of hydrogen-bond acceptors (Lipinski definition) is 4. The van der Waals surface area contributed by atoms with Crippen LogP contribution in [0.2, 0.25) is 0 Å². The molecule has 0 radical (unpaired) electrons. The second-order valence-electron chi connectivity index (χ2n) is 10.5. The van der Waals surface area contributed by atoms with Crippen molar-refractivity contribution >= 4 is 18.0 Å². The van der Waals surface area contributed by atoms with E-state index in [2.05, 4.69) is 29.6 Å². The van der Waals surface area contributed by atoms with Crippen LogP contribution < -0.4 is 5.32 Å². The number of hydrogen-bond donors (Lipinski definition) is 2. The number of carbonyl (C=O) groups excluding carboxylic acids is 2. The normalized spacial score (nSPS) is 18.5. The molecule has 5 rings (SSSR count). The second kappa shape index (κ2) is 9.02. The molecule has 0 aromatic heterocycles. The molecule has 2 aromatic carbocycles. The van der Waals surface area contributed by atoms with Crippen LogP contribution in [0.25, 0.3) is 11.1 Å². The van der Waals surface area contributed by atoms with Crippen LogP contribution in [-0.4, -0.2) is 53.7 Å². The van der Waals surface area contributed by atoms with Crippen LogP contribution in [0.15, 0.2) is 48.5 Å². The van der Waals surface area contributed by atoms with Crippen LogP contribution in [0.3, 0.4) is 0 Å². The topological polar surface area (TPSA) is 95.9 Å². The molecular weight excluding hydrogens is 444 g/mol. The number of nitrogens with one attached hydrogen (secondary N) is 1. The van der Waals surface area contributed by atoms with Gasteiger partial charge in [0.25, 0.3) is 0 Å². The molecule has 2 saturated carbocycles. The van der Waals surface area contributed by atoms with Gasteiger partial charge in [0.1, 0.15) is 12.1 Å². The number of carbonyl (C=O) groups is 3. The minimum Gasteiger partial charge on any atom is -0.481 e. The van der Waals surface area contributed by atoms with Crippen LogP contribution in [-0.2, 0) is 14.3 Å². The summed E-state index contributed by atoms with van der Waals surface area (Å²) in [7, 11) is 1.68. The summed E-state index contributed by atoms with van der Waals surface area (Å²) in [6.07, 6.45) is 4.36. The van der Waals surface area contributed by atoms with Gasteiger partial charge in [-0.25, -0.2) is 4.79 Å². The summed E-state index contributed by atoms with van der Waals surface area (Å²) in [6, 6.07) is 16.4. The lowest BCUT2D eigenvalue weighted by Crippen LogP contribution is -2.70. The molecule has 2 aromatic rings. The van der Waals surface area contributed by atoms with E-state index >= 15 is 0 Å². The number of aliphatic carboxylic acids is 1. The molecule has 0 aliphatic heterocycles. The van der Waals surface area contributed by atoms with Gasteiger partial charge in [0, 0.05) is 25.9 Å². The molecule has 2 fully saturated rings. The molecule has 0 saturated heterocycles. The molecule has 2 N–H and O–H groups in total. The van der Waals surface area contributed by atoms with Gasteiger partial charge in [-0.1, -0.05) is 55.0 Å². The Morgan fingerprint density at radius 1 is 1.03 bits per heavy atom. The van der Waals surface area contributed by atoms with E-state index in [4.69, 9.17) is 9.84 Å². The van der Waals surface area contributed by atoms with Crippen molar-refractivity contribution in [1.29, 1.82) is 0 Å². The maximum atomic E-state index is 13.4. The quantitative estimate of drug-likeness (QED) is 0.583. The molecule has 3 aliphatic carbocycles. The van der Waals surface area contributed by atoms with Crippen molar-refractivity contribution < 1.29 is 24.2 Å². The minimum absolute atomic E-state index is 0.00830. The predicted molar refractivity (Wildman–Crippen MR) is 131 cm³/mol. The number of fused-ring (bicyclic) bond motifs is 3. The molecule has 184 valence electrons. The monoisotopic (exact) mass is 476 g/mol. The molecule has 0 heterocycles. The zero-order chi connectivity index (χ0) is 24.6. The van der Waals surface area contributed by atoms with Crippen LogP contribution in [0.1, 0.15) is 62.0 Å². The van der Waals surface area contributed by atoms with Crippen molar-refractivity contribution in [3.63, 3.8) is 0 Å². The van der Waals surface area contributed by atoms with Crippen LogP contribution >= 0.6 is 0 Å². The van der Waals surface area contributed by atoms with Crippen LogP contribution in [0, 0.1) is 5.41 Å². The lowest BCUT2D eigenvalue weighted by atomic mass is 9.48. The van der Waals surface area contributed by atoms with Gasteiger partial charge in [-0.2, -0.15) is 0 Å². The van der Waals surface area contributed by atoms with E-state index in [0.717, 1.165) is 41.5 Å². The number of benzene rings is 2. The summed E-state index contributed by atoms with van der Waals surface area (Å²) in [6.45, 7) is 0.538. The lowest BCUT2D eigenvalue weighted by Gasteiger charge is -2.60. The van der Waals surface area contributed by atoms with Crippen LogP contribution in [0.5, 0.6) is 0 Å². The number of ether oxygens (including phenoxy) is 1. The van der Waals surface area contributed by atoms with Gasteiger partial charge in [0.2, 0.25) is 5.91 Å². The maximum Gasteiger partial charge on any atom is 0.408 e. The van der Waals surface area contributed by atoms with E-state index in [1.807, 2.05) is 24.3 Å². The number of likely N-dealkylation sites (N-methyl/N-ethyl adjacent to an activating group) is 1. The Morgan fingerprint density at radius 3 is 2.17 bits per heavy atom. The number of carboxylic acid groups (broad SMARTS) is 1. The summed E-state index contributed by atoms with van der Waals surface area (Å²) in [5, 5.41) is 11.8. The van der Waals surface area contributed by atoms with E-state index in [1.165, 1.54) is 0 Å². The molecule has 1 spiro atoms. The van der Waals surface area contributed by atoms with Crippen molar-refractivity contribution in [3.05, 3.63) is 59.7 Å². The average Bonchev–Trinajstić information content (AvgIpc) is 3.11. The van der Waals surface area contributed by atoms with Crippen molar-refractivity contribution in [2.45, 2.75) is 56.4 Å². The summed E-state index contributed by atoms with van der Waals surface area (Å²) >= 11 is 0. The molecule has 2 amide bonds. The summed E-state index contributed by atoms with van der Waals surface area (Å²) in [4.78, 5) is 38.8. The van der Waals surface area contributed by atoms with Gasteiger partial charge in [-0.3, -0.25) is 9.59 Å². The molecule has 7 heteroatoms. The van der Waals surface area contributed by atoms with Crippen molar-refractivity contribution in [2.24, 2.45) is 5.41 Å². The Morgan fingerprint density at radius 2 is 1.63 bits per heavy atom. The fourth-order valence-corrected chi connectivity index (χ4v) is 6.32. The van der Waals surface area contributed by atoms with Gasteiger partial charge >= 0.3 is 12.1 Å². The van der Waals surface area contributed by atoms with E-state index in [0.29, 0.717) is 25.8 Å². The zero-order valence-corrected chi connectivity index (χ0v) is 20.1. The molecule has 0 unspecified atom stereocenters. The average molecular weight is 477 g/mol. The molecule has 7 nitrogen and oxygen atoms in total. The van der Waals surface area contributed by atoms with Gasteiger partial charge in [0.15, 0.2) is 0 Å². The Bertz CT molecular complexity index is 1100. The summed E-state index contributed by atoms with van der Waals surface area (Å²) < 4.78 is 5.73. The van der Waals surface area contributed by atoms with Crippen molar-refractivity contribution in [2.75, 3.05) is 20.2 Å². The first-order valence-electron chi connectivity index (χ1n) is 12.4. The smallest absolute Gasteiger partial charge is 0.408 e. The standard InChI is InChI=1S/C28H32N2O5/c1-30(15-6-12-24(31)32)25(33)28(17-27(18-28)13-7-14-27)29-26(34)35-16-23-21-10-4-2-8-19(21)20-9-3-5-11-22(20)23/h2-5,8-11,23H,6-7,12-18H2,1H3,(H,29,34)(H,31,32). The Labute approximate surface area is 205 Å². The third-order valence-electron chi connectivity index (χ3n) is 8.09. The molecule has 0 atom stereocenters. The Hall–Kier alpha value is -3.35. The first kappa shape index (κ1) is 23.4. The molecular formula is C28H32N2O5. The Balaban J connectivity index is 1.26. The first-order chi connectivity index (χ1) is 16.8. The predicted octanol–water partition coefficient (Wildman–Crippen LogP) is 4.55. The van der Waals surface area contributed by atoms with Gasteiger partial charge in [0.05, 0.1) is 0 Å². The highest BCUT2D eigenvalue weighted by molar-refractivity contribution is 5.91. The van der Waals surface area contributed by atoms with E-state index in [1.54, 1.807) is 11.9 Å². The lowest BCUT2D eigenvalue weighted by molar-refractivity contribution is -0.154. The third kappa shape index (κ3) is 4.28. The number of amides is 2. The minimum atomic E-state index is -0.971. The van der Waals surface area contributed by atoms with E-state index < -0.39 is 17.6 Å². The van der Waals surface area contributed by atoms with Gasteiger partial charge in [-0.15, -0.1) is 0 Å². The fourth-order valence-electron chi connectivity index (χ4n) is 6.32. The number of nitrogens with zero attached hydrogens (tertiary/aromatic N) is 1. The third-order valence-corrected chi connectivity index (χ3v) is 8.09. The SMILES string of the molecule is CN(CCCC(=O)O)C(=O)C1(NC(=O)OCC2c3ccccc3-c3ccccc32)CC2(CCC2)C1. The first-order valence-corrected chi connectivity index (χ1v) is 12.4. The highest BCUT2D eigenvalue weighted by Crippen LogP contribution is 2.60. The fraction of sp³-hybridized carbons (Fsp3) is 0.464. The van der Waals surface area contributed by atoms with E-state index in [9.17, 15) is 14.4 Å². The zero-order valence-electron chi connectivity index (χ0n) is 20.1. The molecule has 35 heavy (non-hydrogen) atoms.